The number of nitrogens with one attached hydrogen (secondary N) is 6. The first-order valence-electron chi connectivity index (χ1n) is 35.8. The zero-order valence-electron chi connectivity index (χ0n) is 60.0. The number of piperazine rings is 2. The maximum Gasteiger partial charge on any atom is 0.230 e. The van der Waals surface area contributed by atoms with Gasteiger partial charge in [-0.05, 0) is 60.7 Å². The molecule has 0 saturated carbocycles. The summed E-state index contributed by atoms with van der Waals surface area (Å²) in [7, 11) is 0. The molecule has 0 radical (unpaired) electrons. The van der Waals surface area contributed by atoms with Crippen LogP contribution in [0.15, 0.2) is 84.9 Å². The molecule has 2 aromatic heterocycles. The van der Waals surface area contributed by atoms with E-state index in [0.29, 0.717) is 217 Å². The number of halogens is 2. The second kappa shape index (κ2) is 49.5. The summed E-state index contributed by atoms with van der Waals surface area (Å²) in [6.07, 6.45) is 0.496. The van der Waals surface area contributed by atoms with Crippen molar-refractivity contribution < 1.29 is 71.2 Å². The highest BCUT2D eigenvalue weighted by atomic mass is 35.5. The normalized spacial score (nSPS) is 13.6. The van der Waals surface area contributed by atoms with Gasteiger partial charge in [0.05, 0.1) is 194 Å². The molecule has 2 aliphatic heterocycles. The lowest BCUT2D eigenvalue weighted by atomic mass is 10.1. The Morgan fingerprint density at radius 2 is 0.686 bits per heavy atom. The summed E-state index contributed by atoms with van der Waals surface area (Å²) < 4.78 is 72.9. The molecular formula is C72H104Cl2N16O15. The zero-order chi connectivity index (χ0) is 73.7. The standard InChI is InChI=1S/C72H104Cl2N16O15/c73-57-7-9-63-61(53-57)67(83-71(81-63)85-69(75)76)55-3-1-5-59(51-55)89-19-15-87(16-20-89)23-29-97-35-41-101-39-33-95-27-13-79-65(91)11-25-93-31-37-99-43-45-103-47-49-105-50-48-104-46-44-100-38-32-94-26-12-66(92)80-14-28-96-34-40-102-42-36-98-30-24-88-17-21-90(22-18-88)60-6-2-4-56(52-60)68-62-54-58(74)8-10-64(62)82-72(84-68)86-70(77)78/h1-10,51-54H,11-50H2,(H,79,91)(H,80,92)(H4,75,76,81,83,85)(H4,77,78,82,84,86). The number of anilines is 4. The third-order valence-electron chi connectivity index (χ3n) is 16.4. The lowest BCUT2D eigenvalue weighted by Crippen LogP contribution is -2.47. The number of carbonyl (C=O) groups is 2. The highest BCUT2D eigenvalue weighted by Gasteiger charge is 2.22. The number of benzene rings is 4. The number of nitrogens with zero attached hydrogens (tertiary/aromatic N) is 8. The lowest BCUT2D eigenvalue weighted by Gasteiger charge is -2.36. The monoisotopic (exact) mass is 1500 g/mol. The van der Waals surface area contributed by atoms with E-state index < -0.39 is 0 Å². The first-order valence-corrected chi connectivity index (χ1v) is 36.6. The SMILES string of the molecule is N=C(N)Nc1nc(-c2cccc(N3CCN(CCOCCOCCOCCNC(=O)CCOCCOCCOCCOCCOCCOCCOCCC(=O)NCCOCCOCCOCCN4CCN(c5cccc(-c6nc(NC(=N)N)nc7ccc(Cl)cc67)c5)CC4)CC3)c2)c2cc(Cl)ccc2n1. The Kier molecular flexibility index (Phi) is 39.2. The summed E-state index contributed by atoms with van der Waals surface area (Å²) >= 11 is 12.7. The van der Waals surface area contributed by atoms with Crippen LogP contribution in [0.4, 0.5) is 23.3 Å². The van der Waals surface area contributed by atoms with E-state index in [0.717, 1.165) is 98.7 Å². The fourth-order valence-electron chi connectivity index (χ4n) is 11.1. The molecule has 8 rings (SSSR count). The Balaban J connectivity index is 0.482. The van der Waals surface area contributed by atoms with E-state index in [1.54, 1.807) is 12.1 Å². The minimum Gasteiger partial charge on any atom is -0.379 e. The van der Waals surface area contributed by atoms with Gasteiger partial charge in [-0.2, -0.15) is 0 Å². The van der Waals surface area contributed by atoms with E-state index in [2.05, 4.69) is 75.1 Å². The summed E-state index contributed by atoms with van der Waals surface area (Å²) in [5, 5.41) is 29.2. The molecule has 0 bridgehead atoms. The van der Waals surface area contributed by atoms with Crippen LogP contribution in [0.3, 0.4) is 0 Å². The number of aromatic nitrogens is 4. The molecule has 576 valence electrons. The minimum atomic E-state index is -0.238. The fraction of sp³-hybridized carbons (Fsp3) is 0.556. The van der Waals surface area contributed by atoms with E-state index in [4.69, 9.17) is 117 Å². The average molecular weight is 1500 g/mol. The number of fused-ring (bicyclic) bond motifs is 2. The second-order valence-corrected chi connectivity index (χ2v) is 25.0. The van der Waals surface area contributed by atoms with Crippen LogP contribution >= 0.6 is 23.2 Å². The molecule has 33 heteroatoms. The first kappa shape index (κ1) is 83.3. The molecule has 0 spiro atoms. The quantitative estimate of drug-likeness (QED) is 0.0141. The van der Waals surface area contributed by atoms with Gasteiger partial charge in [0, 0.05) is 135 Å². The summed E-state index contributed by atoms with van der Waals surface area (Å²) in [6.45, 7) is 20.9. The van der Waals surface area contributed by atoms with Crippen molar-refractivity contribution in [2.75, 3.05) is 271 Å². The van der Waals surface area contributed by atoms with Gasteiger partial charge < -0.3 is 93.5 Å². The third kappa shape index (κ3) is 32.7. The molecule has 105 heavy (non-hydrogen) atoms. The van der Waals surface area contributed by atoms with Gasteiger partial charge in [-0.3, -0.25) is 40.8 Å². The van der Waals surface area contributed by atoms with Gasteiger partial charge in [-0.25, -0.2) is 19.9 Å². The lowest BCUT2D eigenvalue weighted by molar-refractivity contribution is -0.123. The van der Waals surface area contributed by atoms with Crippen molar-refractivity contribution in [3.05, 3.63) is 95.0 Å². The Morgan fingerprint density at radius 1 is 0.381 bits per heavy atom. The van der Waals surface area contributed by atoms with Crippen LogP contribution in [0.1, 0.15) is 12.8 Å². The van der Waals surface area contributed by atoms with Crippen molar-refractivity contribution in [3.8, 4) is 22.5 Å². The fourth-order valence-corrected chi connectivity index (χ4v) is 11.4. The Morgan fingerprint density at radius 3 is 1.01 bits per heavy atom. The predicted molar refractivity (Wildman–Crippen MR) is 404 cm³/mol. The van der Waals surface area contributed by atoms with Gasteiger partial charge in [-0.1, -0.05) is 47.5 Å². The molecular weight excluding hydrogens is 1400 g/mol. The van der Waals surface area contributed by atoms with Crippen LogP contribution in [0.2, 0.25) is 10.0 Å². The number of amides is 2. The van der Waals surface area contributed by atoms with Gasteiger partial charge >= 0.3 is 0 Å². The molecule has 2 amide bonds. The largest absolute Gasteiger partial charge is 0.379 e. The maximum atomic E-state index is 12.2. The first-order chi connectivity index (χ1) is 51.4. The molecule has 31 nitrogen and oxygen atoms in total. The molecule has 0 aliphatic carbocycles. The van der Waals surface area contributed by atoms with Crippen molar-refractivity contribution in [1.29, 1.82) is 10.8 Å². The summed E-state index contributed by atoms with van der Waals surface area (Å²) in [4.78, 5) is 52.2. The van der Waals surface area contributed by atoms with E-state index in [-0.39, 0.29) is 48.5 Å². The summed E-state index contributed by atoms with van der Waals surface area (Å²) in [5.41, 5.74) is 18.0. The number of carbonyl (C=O) groups excluding carboxylic acids is 2. The van der Waals surface area contributed by atoms with Crippen molar-refractivity contribution in [3.63, 3.8) is 0 Å². The minimum absolute atomic E-state index is 0.107. The van der Waals surface area contributed by atoms with Gasteiger partial charge in [0.2, 0.25) is 23.7 Å². The van der Waals surface area contributed by atoms with Crippen LogP contribution in [0.5, 0.6) is 0 Å². The van der Waals surface area contributed by atoms with E-state index in [9.17, 15) is 9.59 Å². The predicted octanol–water partition coefficient (Wildman–Crippen LogP) is 5.00. The van der Waals surface area contributed by atoms with Gasteiger partial charge in [-0.15, -0.1) is 0 Å². The Labute approximate surface area is 624 Å². The van der Waals surface area contributed by atoms with Crippen LogP contribution < -0.4 is 42.5 Å². The summed E-state index contributed by atoms with van der Waals surface area (Å²) in [6, 6.07) is 27.5. The van der Waals surface area contributed by atoms with Gasteiger partial charge in [0.1, 0.15) is 0 Å². The Bertz CT molecular complexity index is 3300. The number of rotatable bonds is 54. The third-order valence-corrected chi connectivity index (χ3v) is 16.9. The van der Waals surface area contributed by atoms with Crippen molar-refractivity contribution in [2.45, 2.75) is 12.8 Å². The van der Waals surface area contributed by atoms with Crippen molar-refractivity contribution in [2.24, 2.45) is 11.5 Å². The molecule has 10 N–H and O–H groups in total. The smallest absolute Gasteiger partial charge is 0.230 e. The summed E-state index contributed by atoms with van der Waals surface area (Å²) in [5.74, 6) is -0.186. The highest BCUT2D eigenvalue weighted by Crippen LogP contribution is 2.34. The highest BCUT2D eigenvalue weighted by molar-refractivity contribution is 6.32. The zero-order valence-corrected chi connectivity index (χ0v) is 61.5. The number of hydrogen-bond donors (Lipinski definition) is 8. The van der Waals surface area contributed by atoms with Gasteiger partial charge in [0.15, 0.2) is 11.9 Å². The molecule has 2 aliphatic rings. The topological polar surface area (TPSA) is 367 Å². The Hall–Kier alpha value is -7.38. The molecule has 2 fully saturated rings. The van der Waals surface area contributed by atoms with E-state index in [1.165, 1.54) is 0 Å². The van der Waals surface area contributed by atoms with Crippen LogP contribution in [-0.4, -0.2) is 304 Å². The molecule has 4 heterocycles. The maximum absolute atomic E-state index is 12.2. The van der Waals surface area contributed by atoms with E-state index in [1.807, 2.05) is 48.5 Å². The van der Waals surface area contributed by atoms with Gasteiger partial charge in [0.25, 0.3) is 0 Å². The number of guanidine groups is 2. The van der Waals surface area contributed by atoms with Crippen molar-refractivity contribution >= 4 is 92.0 Å². The van der Waals surface area contributed by atoms with Crippen LogP contribution in [0.25, 0.3) is 44.3 Å². The second-order valence-electron chi connectivity index (χ2n) is 24.1. The molecule has 0 atom stereocenters. The van der Waals surface area contributed by atoms with Crippen LogP contribution in [0, 0.1) is 10.8 Å². The molecule has 0 unspecified atom stereocenters. The number of ether oxygens (including phenoxy) is 13. The number of nitrogens with two attached hydrogens (primary N) is 2. The molecule has 4 aromatic carbocycles. The average Bonchev–Trinajstić information content (AvgIpc) is 0.788. The molecule has 6 aromatic rings. The number of hydrogen-bond acceptors (Lipinski definition) is 25. The van der Waals surface area contributed by atoms with Crippen LogP contribution in [-0.2, 0) is 71.2 Å². The van der Waals surface area contributed by atoms with Crippen molar-refractivity contribution in [1.82, 2.24) is 40.4 Å². The van der Waals surface area contributed by atoms with E-state index >= 15 is 0 Å². The molecule has 2 saturated heterocycles.